The molecule has 1 unspecified atom stereocenters. The van der Waals surface area contributed by atoms with E-state index in [1.54, 1.807) is 12.4 Å². The van der Waals surface area contributed by atoms with Crippen LogP contribution < -0.4 is 5.32 Å². The van der Waals surface area contributed by atoms with Gasteiger partial charge in [-0.1, -0.05) is 6.42 Å². The van der Waals surface area contributed by atoms with Gasteiger partial charge in [0.05, 0.1) is 5.56 Å². The summed E-state index contributed by atoms with van der Waals surface area (Å²) >= 11 is 0. The normalized spacial score (nSPS) is 19.2. The van der Waals surface area contributed by atoms with E-state index in [1.165, 1.54) is 12.8 Å². The Balaban J connectivity index is 2.02. The number of nitrogens with zero attached hydrogens (tertiary/aromatic N) is 2. The van der Waals surface area contributed by atoms with Gasteiger partial charge in [-0.2, -0.15) is 0 Å². The lowest BCUT2D eigenvalue weighted by atomic mass is 10.0. The van der Waals surface area contributed by atoms with Crippen LogP contribution in [0.25, 0.3) is 0 Å². The largest absolute Gasteiger partial charge is 0.337 e. The first-order valence-corrected chi connectivity index (χ1v) is 7.15. The van der Waals surface area contributed by atoms with Crippen LogP contribution in [0.5, 0.6) is 0 Å². The molecule has 0 aliphatic carbocycles. The number of hydrogen-bond donors (Lipinski definition) is 1. The lowest BCUT2D eigenvalue weighted by Crippen LogP contribution is -2.45. The molecule has 1 aliphatic heterocycles. The molecule has 0 radical (unpaired) electrons. The maximum absolute atomic E-state index is 12.5. The van der Waals surface area contributed by atoms with Crippen LogP contribution in [0.4, 0.5) is 0 Å². The minimum absolute atomic E-state index is 0.0890. The minimum Gasteiger partial charge on any atom is -0.337 e. The number of carbonyl (C=O) groups is 1. The summed E-state index contributed by atoms with van der Waals surface area (Å²) in [5, 5.41) is 3.49. The molecule has 2 heterocycles. The Labute approximate surface area is 115 Å². The van der Waals surface area contributed by atoms with Gasteiger partial charge >= 0.3 is 0 Å². The molecule has 4 nitrogen and oxygen atoms in total. The second-order valence-corrected chi connectivity index (χ2v) is 5.24. The SMILES string of the molecule is CCN(CC1CCCCN1)C(=O)c1cncc(C)c1. The van der Waals surface area contributed by atoms with Crippen LogP contribution in [0.3, 0.4) is 0 Å². The number of aromatic nitrogens is 1. The van der Waals surface area contributed by atoms with E-state index in [-0.39, 0.29) is 5.91 Å². The standard InChI is InChI=1S/C15H23N3O/c1-3-18(11-14-6-4-5-7-17-14)15(19)13-8-12(2)9-16-10-13/h8-10,14,17H,3-7,11H2,1-2H3. The van der Waals surface area contributed by atoms with Crippen molar-refractivity contribution in [2.75, 3.05) is 19.6 Å². The summed E-state index contributed by atoms with van der Waals surface area (Å²) in [5.41, 5.74) is 1.72. The zero-order valence-corrected chi connectivity index (χ0v) is 11.9. The third-order valence-corrected chi connectivity index (χ3v) is 3.64. The zero-order chi connectivity index (χ0) is 13.7. The third-order valence-electron chi connectivity index (χ3n) is 3.64. The fourth-order valence-corrected chi connectivity index (χ4v) is 2.56. The molecular formula is C15H23N3O. The number of pyridine rings is 1. The summed E-state index contributed by atoms with van der Waals surface area (Å²) in [7, 11) is 0. The molecule has 1 saturated heterocycles. The first-order valence-electron chi connectivity index (χ1n) is 7.15. The third kappa shape index (κ3) is 3.77. The van der Waals surface area contributed by atoms with Crippen LogP contribution in [0.2, 0.25) is 0 Å². The predicted molar refractivity (Wildman–Crippen MR) is 76.2 cm³/mol. The summed E-state index contributed by atoms with van der Waals surface area (Å²) in [6.07, 6.45) is 7.10. The van der Waals surface area contributed by atoms with Crippen molar-refractivity contribution >= 4 is 5.91 Å². The molecule has 1 aliphatic rings. The van der Waals surface area contributed by atoms with Crippen molar-refractivity contribution in [3.05, 3.63) is 29.6 Å². The van der Waals surface area contributed by atoms with Crippen molar-refractivity contribution in [3.8, 4) is 0 Å². The van der Waals surface area contributed by atoms with Gasteiger partial charge in [0, 0.05) is 31.5 Å². The molecule has 1 aromatic heterocycles. The maximum atomic E-state index is 12.5. The molecule has 104 valence electrons. The Morgan fingerprint density at radius 1 is 1.47 bits per heavy atom. The van der Waals surface area contributed by atoms with E-state index in [0.717, 1.165) is 31.6 Å². The van der Waals surface area contributed by atoms with Crippen molar-refractivity contribution < 1.29 is 4.79 Å². The van der Waals surface area contributed by atoms with Gasteiger partial charge < -0.3 is 10.2 Å². The minimum atomic E-state index is 0.0890. The van der Waals surface area contributed by atoms with Gasteiger partial charge in [-0.25, -0.2) is 0 Å². The number of carbonyl (C=O) groups excluding carboxylic acids is 1. The van der Waals surface area contributed by atoms with Gasteiger partial charge in [0.2, 0.25) is 0 Å². The van der Waals surface area contributed by atoms with Gasteiger partial charge in [-0.05, 0) is 44.9 Å². The van der Waals surface area contributed by atoms with Crippen molar-refractivity contribution in [1.82, 2.24) is 15.2 Å². The Kier molecular flexibility index (Phi) is 4.91. The molecule has 0 bridgehead atoms. The average Bonchev–Trinajstić information content (AvgIpc) is 2.45. The van der Waals surface area contributed by atoms with Crippen LogP contribution in [-0.4, -0.2) is 41.5 Å². The average molecular weight is 261 g/mol. The highest BCUT2D eigenvalue weighted by molar-refractivity contribution is 5.94. The maximum Gasteiger partial charge on any atom is 0.255 e. The van der Waals surface area contributed by atoms with Crippen molar-refractivity contribution in [2.45, 2.75) is 39.2 Å². The van der Waals surface area contributed by atoms with Crippen molar-refractivity contribution in [3.63, 3.8) is 0 Å². The van der Waals surface area contributed by atoms with E-state index in [0.29, 0.717) is 11.6 Å². The quantitative estimate of drug-likeness (QED) is 0.901. The van der Waals surface area contributed by atoms with Crippen molar-refractivity contribution in [2.24, 2.45) is 0 Å². The Bertz CT molecular complexity index is 427. The number of piperidine rings is 1. The highest BCUT2D eigenvalue weighted by Crippen LogP contribution is 2.11. The van der Waals surface area contributed by atoms with Crippen LogP contribution in [-0.2, 0) is 0 Å². The van der Waals surface area contributed by atoms with Crippen molar-refractivity contribution in [1.29, 1.82) is 0 Å². The molecule has 1 amide bonds. The lowest BCUT2D eigenvalue weighted by molar-refractivity contribution is 0.0741. The Hall–Kier alpha value is -1.42. The molecular weight excluding hydrogens is 238 g/mol. The summed E-state index contributed by atoms with van der Waals surface area (Å²) in [4.78, 5) is 18.5. The van der Waals surface area contributed by atoms with Gasteiger partial charge in [0.25, 0.3) is 5.91 Å². The van der Waals surface area contributed by atoms with Gasteiger partial charge in [-0.3, -0.25) is 9.78 Å². The number of aryl methyl sites for hydroxylation is 1. The van der Waals surface area contributed by atoms with Crippen LogP contribution in [0.1, 0.15) is 42.1 Å². The monoisotopic (exact) mass is 261 g/mol. The zero-order valence-electron chi connectivity index (χ0n) is 11.9. The number of amides is 1. The highest BCUT2D eigenvalue weighted by Gasteiger charge is 2.20. The number of nitrogens with one attached hydrogen (secondary N) is 1. The molecule has 1 fully saturated rings. The van der Waals surface area contributed by atoms with Crippen LogP contribution in [0.15, 0.2) is 18.5 Å². The molecule has 0 spiro atoms. The molecule has 0 aromatic carbocycles. The van der Waals surface area contributed by atoms with Gasteiger partial charge in [-0.15, -0.1) is 0 Å². The van der Waals surface area contributed by atoms with Crippen LogP contribution >= 0.6 is 0 Å². The van der Waals surface area contributed by atoms with E-state index in [4.69, 9.17) is 0 Å². The molecule has 4 heteroatoms. The second kappa shape index (κ2) is 6.66. The Morgan fingerprint density at radius 3 is 2.95 bits per heavy atom. The molecule has 1 N–H and O–H groups in total. The fraction of sp³-hybridized carbons (Fsp3) is 0.600. The number of likely N-dealkylation sites (N-methyl/N-ethyl adjacent to an activating group) is 1. The van der Waals surface area contributed by atoms with E-state index in [1.807, 2.05) is 24.8 Å². The molecule has 2 rings (SSSR count). The second-order valence-electron chi connectivity index (χ2n) is 5.24. The van der Waals surface area contributed by atoms with E-state index in [2.05, 4.69) is 10.3 Å². The van der Waals surface area contributed by atoms with Crippen LogP contribution in [0, 0.1) is 6.92 Å². The summed E-state index contributed by atoms with van der Waals surface area (Å²) in [6.45, 7) is 6.60. The first kappa shape index (κ1) is 14.0. The van der Waals surface area contributed by atoms with E-state index >= 15 is 0 Å². The number of rotatable bonds is 4. The Morgan fingerprint density at radius 2 is 2.32 bits per heavy atom. The lowest BCUT2D eigenvalue weighted by Gasteiger charge is -2.30. The summed E-state index contributed by atoms with van der Waals surface area (Å²) in [5.74, 6) is 0.0890. The highest BCUT2D eigenvalue weighted by atomic mass is 16.2. The van der Waals surface area contributed by atoms with E-state index < -0.39 is 0 Å². The molecule has 1 aromatic rings. The molecule has 0 saturated carbocycles. The summed E-state index contributed by atoms with van der Waals surface area (Å²) < 4.78 is 0. The molecule has 19 heavy (non-hydrogen) atoms. The smallest absolute Gasteiger partial charge is 0.255 e. The topological polar surface area (TPSA) is 45.2 Å². The number of hydrogen-bond acceptors (Lipinski definition) is 3. The fourth-order valence-electron chi connectivity index (χ4n) is 2.56. The molecule has 1 atom stereocenters. The van der Waals surface area contributed by atoms with E-state index in [9.17, 15) is 4.79 Å². The van der Waals surface area contributed by atoms with Gasteiger partial charge in [0.15, 0.2) is 0 Å². The first-order chi connectivity index (χ1) is 9.20. The summed E-state index contributed by atoms with van der Waals surface area (Å²) in [6, 6.07) is 2.35. The van der Waals surface area contributed by atoms with Gasteiger partial charge in [0.1, 0.15) is 0 Å². The predicted octanol–water partition coefficient (Wildman–Crippen LogP) is 1.99.